The van der Waals surface area contributed by atoms with Crippen LogP contribution in [0.4, 0.5) is 0 Å². The monoisotopic (exact) mass is 344 g/mol. The highest BCUT2D eigenvalue weighted by Crippen LogP contribution is 2.19. The molecule has 0 aromatic carbocycles. The summed E-state index contributed by atoms with van der Waals surface area (Å²) in [5.74, 6) is 1.18. The van der Waals surface area contributed by atoms with Crippen molar-refractivity contribution < 1.29 is 4.74 Å². The van der Waals surface area contributed by atoms with Crippen molar-refractivity contribution in [2.75, 3.05) is 6.61 Å². The predicted molar refractivity (Wildman–Crippen MR) is 72.4 cm³/mol. The average Bonchev–Trinajstić information content (AvgIpc) is 2.72. The zero-order chi connectivity index (χ0) is 12.3. The molecule has 2 heterocycles. The van der Waals surface area contributed by atoms with Crippen LogP contribution in [0.25, 0.3) is 5.95 Å². The summed E-state index contributed by atoms with van der Waals surface area (Å²) in [6.45, 7) is 4.60. The van der Waals surface area contributed by atoms with E-state index < -0.39 is 0 Å². The molecule has 0 bridgehead atoms. The van der Waals surface area contributed by atoms with E-state index in [2.05, 4.69) is 44.6 Å². The fourth-order valence-corrected chi connectivity index (χ4v) is 1.85. The third kappa shape index (κ3) is 2.74. The first-order valence-electron chi connectivity index (χ1n) is 5.43. The van der Waals surface area contributed by atoms with Crippen LogP contribution in [-0.4, -0.2) is 26.4 Å². The van der Waals surface area contributed by atoms with Gasteiger partial charge in [-0.3, -0.25) is 0 Å². The molecular formula is C11H13IN4O. The molecule has 5 nitrogen and oxygen atoms in total. The zero-order valence-corrected chi connectivity index (χ0v) is 11.9. The van der Waals surface area contributed by atoms with Crippen LogP contribution < -0.4 is 4.74 Å². The number of nitrogens with zero attached hydrogens (tertiary/aromatic N) is 4. The lowest BCUT2D eigenvalue weighted by Gasteiger charge is -2.00. The molecule has 90 valence electrons. The smallest absolute Gasteiger partial charge is 0.250 e. The van der Waals surface area contributed by atoms with Crippen molar-refractivity contribution in [2.24, 2.45) is 0 Å². The maximum absolute atomic E-state index is 5.39. The molecule has 0 aliphatic rings. The van der Waals surface area contributed by atoms with Crippen molar-refractivity contribution in [3.63, 3.8) is 0 Å². The molecule has 0 aliphatic heterocycles. The average molecular weight is 344 g/mol. The number of hydrogen-bond donors (Lipinski definition) is 0. The van der Waals surface area contributed by atoms with E-state index in [4.69, 9.17) is 4.74 Å². The SMILES string of the molecule is CCOc1nn(-c2ncc(CC)cn2)cc1I. The number of hydrogen-bond acceptors (Lipinski definition) is 4. The Hall–Kier alpha value is -1.18. The van der Waals surface area contributed by atoms with Crippen molar-refractivity contribution in [3.8, 4) is 11.8 Å². The molecule has 0 fully saturated rings. The Bertz CT molecular complexity index is 495. The normalized spacial score (nSPS) is 10.5. The van der Waals surface area contributed by atoms with E-state index in [1.54, 1.807) is 4.68 Å². The maximum atomic E-state index is 5.39. The lowest BCUT2D eigenvalue weighted by Crippen LogP contribution is -2.02. The van der Waals surface area contributed by atoms with Gasteiger partial charge in [0.2, 0.25) is 5.88 Å². The second-order valence-corrected chi connectivity index (χ2v) is 4.57. The summed E-state index contributed by atoms with van der Waals surface area (Å²) in [7, 11) is 0. The van der Waals surface area contributed by atoms with Gasteiger partial charge in [0.1, 0.15) is 0 Å². The minimum absolute atomic E-state index is 0.561. The molecule has 0 amide bonds. The van der Waals surface area contributed by atoms with Crippen LogP contribution in [0.2, 0.25) is 0 Å². The molecule has 0 saturated carbocycles. The summed E-state index contributed by atoms with van der Waals surface area (Å²) < 4.78 is 7.97. The molecule has 0 aliphatic carbocycles. The van der Waals surface area contributed by atoms with Crippen molar-refractivity contribution in [1.29, 1.82) is 0 Å². The molecule has 0 spiro atoms. The fourth-order valence-electron chi connectivity index (χ4n) is 1.32. The summed E-state index contributed by atoms with van der Waals surface area (Å²) in [6, 6.07) is 0. The Morgan fingerprint density at radius 3 is 2.59 bits per heavy atom. The van der Waals surface area contributed by atoms with E-state index in [1.807, 2.05) is 25.5 Å². The molecule has 2 aromatic rings. The number of rotatable bonds is 4. The van der Waals surface area contributed by atoms with Crippen LogP contribution in [0.3, 0.4) is 0 Å². The Kier molecular flexibility index (Phi) is 3.93. The number of halogens is 1. The predicted octanol–water partition coefficient (Wildman–Crippen LogP) is 2.23. The lowest BCUT2D eigenvalue weighted by molar-refractivity contribution is 0.322. The molecule has 2 rings (SSSR count). The van der Waals surface area contributed by atoms with E-state index in [-0.39, 0.29) is 0 Å². The van der Waals surface area contributed by atoms with Crippen molar-refractivity contribution in [3.05, 3.63) is 27.7 Å². The molecule has 0 radical (unpaired) electrons. The van der Waals surface area contributed by atoms with Gasteiger partial charge in [0.05, 0.1) is 16.4 Å². The van der Waals surface area contributed by atoms with E-state index in [9.17, 15) is 0 Å². The molecular weight excluding hydrogens is 331 g/mol. The molecule has 2 aromatic heterocycles. The largest absolute Gasteiger partial charge is 0.476 e. The Morgan fingerprint density at radius 2 is 2.00 bits per heavy atom. The second kappa shape index (κ2) is 5.44. The first-order valence-corrected chi connectivity index (χ1v) is 6.51. The van der Waals surface area contributed by atoms with Crippen molar-refractivity contribution >= 4 is 22.6 Å². The van der Waals surface area contributed by atoms with Gasteiger partial charge in [-0.1, -0.05) is 6.92 Å². The molecule has 0 N–H and O–H groups in total. The van der Waals surface area contributed by atoms with Gasteiger partial charge in [-0.25, -0.2) is 14.6 Å². The third-order valence-electron chi connectivity index (χ3n) is 2.22. The minimum atomic E-state index is 0.561. The summed E-state index contributed by atoms with van der Waals surface area (Å²) in [5, 5.41) is 4.29. The van der Waals surface area contributed by atoms with E-state index in [0.29, 0.717) is 18.4 Å². The van der Waals surface area contributed by atoms with Gasteiger partial charge in [-0.05, 0) is 41.5 Å². The molecule has 0 atom stereocenters. The first-order chi connectivity index (χ1) is 8.24. The standard InChI is InChI=1S/C11H13IN4O/c1-3-8-5-13-11(14-6-8)16-7-9(12)10(15-16)17-4-2/h5-7H,3-4H2,1-2H3. The van der Waals surface area contributed by atoms with E-state index in [1.165, 1.54) is 0 Å². The van der Waals surface area contributed by atoms with Crippen molar-refractivity contribution in [1.82, 2.24) is 19.7 Å². The quantitative estimate of drug-likeness (QED) is 0.799. The van der Waals surface area contributed by atoms with Gasteiger partial charge >= 0.3 is 0 Å². The van der Waals surface area contributed by atoms with Gasteiger partial charge in [0.25, 0.3) is 5.95 Å². The highest BCUT2D eigenvalue weighted by Gasteiger charge is 2.09. The van der Waals surface area contributed by atoms with Gasteiger partial charge in [0, 0.05) is 12.4 Å². The molecule has 17 heavy (non-hydrogen) atoms. The number of aromatic nitrogens is 4. The Morgan fingerprint density at radius 1 is 1.29 bits per heavy atom. The number of ether oxygens (including phenoxy) is 1. The fraction of sp³-hybridized carbons (Fsp3) is 0.364. The van der Waals surface area contributed by atoms with Crippen molar-refractivity contribution in [2.45, 2.75) is 20.3 Å². The maximum Gasteiger partial charge on any atom is 0.250 e. The van der Waals surface area contributed by atoms with E-state index >= 15 is 0 Å². The molecule has 0 saturated heterocycles. The van der Waals surface area contributed by atoms with Crippen LogP contribution in [0.15, 0.2) is 18.6 Å². The highest BCUT2D eigenvalue weighted by atomic mass is 127. The van der Waals surface area contributed by atoms with Crippen LogP contribution in [0.5, 0.6) is 5.88 Å². The summed E-state index contributed by atoms with van der Waals surface area (Å²) in [4.78, 5) is 8.53. The topological polar surface area (TPSA) is 52.8 Å². The van der Waals surface area contributed by atoms with Gasteiger partial charge in [0.15, 0.2) is 0 Å². The van der Waals surface area contributed by atoms with Crippen LogP contribution in [0.1, 0.15) is 19.4 Å². The molecule has 6 heteroatoms. The zero-order valence-electron chi connectivity index (χ0n) is 9.72. The first kappa shape index (κ1) is 12.3. The summed E-state index contributed by atoms with van der Waals surface area (Å²) in [6.07, 6.45) is 6.42. The molecule has 0 unspecified atom stereocenters. The third-order valence-corrected chi connectivity index (χ3v) is 2.96. The summed E-state index contributed by atoms with van der Waals surface area (Å²) in [5.41, 5.74) is 1.11. The van der Waals surface area contributed by atoms with Gasteiger partial charge < -0.3 is 4.74 Å². The highest BCUT2D eigenvalue weighted by molar-refractivity contribution is 14.1. The van der Waals surface area contributed by atoms with Gasteiger partial charge in [-0.15, -0.1) is 5.10 Å². The van der Waals surface area contributed by atoms with Crippen LogP contribution >= 0.6 is 22.6 Å². The minimum Gasteiger partial charge on any atom is -0.476 e. The second-order valence-electron chi connectivity index (χ2n) is 3.40. The van der Waals surface area contributed by atoms with Crippen LogP contribution in [0, 0.1) is 3.57 Å². The van der Waals surface area contributed by atoms with Crippen LogP contribution in [-0.2, 0) is 6.42 Å². The Balaban J connectivity index is 2.29. The summed E-state index contributed by atoms with van der Waals surface area (Å²) >= 11 is 2.18. The Labute approximate surface area is 113 Å². The van der Waals surface area contributed by atoms with Gasteiger partial charge in [-0.2, -0.15) is 0 Å². The lowest BCUT2D eigenvalue weighted by atomic mass is 10.3. The number of aryl methyl sites for hydroxylation is 1. The van der Waals surface area contributed by atoms with E-state index in [0.717, 1.165) is 15.6 Å².